The number of pyridine rings is 1. The van der Waals surface area contributed by atoms with Gasteiger partial charge >= 0.3 is 5.91 Å². The second kappa shape index (κ2) is 8.24. The summed E-state index contributed by atoms with van der Waals surface area (Å²) >= 11 is 6.10. The van der Waals surface area contributed by atoms with Crippen LogP contribution in [0.5, 0.6) is 0 Å². The van der Waals surface area contributed by atoms with E-state index in [0.29, 0.717) is 16.4 Å². The molecule has 0 atom stereocenters. The van der Waals surface area contributed by atoms with Gasteiger partial charge in [-0.2, -0.15) is 4.57 Å². The summed E-state index contributed by atoms with van der Waals surface area (Å²) in [5.41, 5.74) is 2.06. The van der Waals surface area contributed by atoms with Crippen molar-refractivity contribution >= 4 is 34.7 Å². The van der Waals surface area contributed by atoms with E-state index in [1.54, 1.807) is 55.8 Å². The fourth-order valence-corrected chi connectivity index (χ4v) is 4.16. The maximum atomic E-state index is 13.5. The van der Waals surface area contributed by atoms with Gasteiger partial charge in [-0.1, -0.05) is 24.6 Å². The molecule has 0 unspecified atom stereocenters. The van der Waals surface area contributed by atoms with Gasteiger partial charge < -0.3 is 0 Å². The molecule has 0 radical (unpaired) electrons. The molecule has 0 bridgehead atoms. The molecule has 1 aliphatic rings. The Morgan fingerprint density at radius 3 is 2.50 bits per heavy atom. The zero-order valence-corrected chi connectivity index (χ0v) is 19.1. The van der Waals surface area contributed by atoms with Crippen LogP contribution in [-0.4, -0.2) is 32.5 Å². The number of carbonyl (C=O) groups is 2. The Morgan fingerprint density at radius 2 is 1.84 bits per heavy atom. The zero-order chi connectivity index (χ0) is 23.2. The molecule has 0 spiro atoms. The van der Waals surface area contributed by atoms with E-state index in [2.05, 4.69) is 5.10 Å². The molecule has 2 amide bonds. The first-order valence-corrected chi connectivity index (χ1v) is 10.8. The number of nitrogens with one attached hydrogen (secondary N) is 1. The SMILES string of the molecule is CCc1ccc[n+](C2=C(c3c(C)[nH]n(-c4cccc(Cl)c4)c3=O)C(=O)N(C(C)C)C2=O)c1. The minimum atomic E-state index is -0.480. The van der Waals surface area contributed by atoms with E-state index in [1.165, 1.54) is 9.58 Å². The van der Waals surface area contributed by atoms with E-state index in [0.717, 1.165) is 12.0 Å². The van der Waals surface area contributed by atoms with Gasteiger partial charge in [0.25, 0.3) is 17.2 Å². The van der Waals surface area contributed by atoms with Crippen LogP contribution in [0.2, 0.25) is 5.02 Å². The van der Waals surface area contributed by atoms with Crippen molar-refractivity contribution in [2.45, 2.75) is 40.2 Å². The van der Waals surface area contributed by atoms with Gasteiger partial charge in [-0.05, 0) is 51.5 Å². The number of rotatable bonds is 5. The summed E-state index contributed by atoms with van der Waals surface area (Å²) in [6.45, 7) is 7.28. The van der Waals surface area contributed by atoms with Gasteiger partial charge in [0.05, 0.1) is 11.3 Å². The van der Waals surface area contributed by atoms with Gasteiger partial charge in [0.15, 0.2) is 12.4 Å². The van der Waals surface area contributed by atoms with Gasteiger partial charge in [-0.3, -0.25) is 24.4 Å². The first kappa shape index (κ1) is 21.8. The Hall–Kier alpha value is -3.45. The Balaban J connectivity index is 2.00. The number of halogens is 1. The van der Waals surface area contributed by atoms with E-state index < -0.39 is 17.4 Å². The number of nitrogens with zero attached hydrogens (tertiary/aromatic N) is 3. The molecule has 1 aromatic carbocycles. The van der Waals surface area contributed by atoms with Crippen LogP contribution in [0.1, 0.15) is 37.6 Å². The summed E-state index contributed by atoms with van der Waals surface area (Å²) < 4.78 is 2.98. The van der Waals surface area contributed by atoms with Gasteiger partial charge in [0.1, 0.15) is 5.57 Å². The molecule has 3 aromatic rings. The minimum Gasteiger partial charge on any atom is -0.295 e. The lowest BCUT2D eigenvalue weighted by atomic mass is 10.1. The number of aromatic nitrogens is 3. The molecule has 1 aliphatic heterocycles. The van der Waals surface area contributed by atoms with E-state index in [1.807, 2.05) is 25.3 Å². The molecule has 0 aliphatic carbocycles. The van der Waals surface area contributed by atoms with Crippen LogP contribution >= 0.6 is 11.6 Å². The van der Waals surface area contributed by atoms with Crippen LogP contribution in [0.4, 0.5) is 0 Å². The quantitative estimate of drug-likeness (QED) is 0.478. The second-order valence-electron chi connectivity index (χ2n) is 8.00. The molecule has 0 saturated heterocycles. The number of carbonyl (C=O) groups excluding carboxylic acids is 2. The third-order valence-corrected chi connectivity index (χ3v) is 5.76. The van der Waals surface area contributed by atoms with Crippen molar-refractivity contribution in [2.24, 2.45) is 0 Å². The number of amides is 2. The summed E-state index contributed by atoms with van der Waals surface area (Å²) in [5, 5.41) is 3.51. The number of H-pyrrole nitrogens is 1. The van der Waals surface area contributed by atoms with Crippen molar-refractivity contribution in [3.05, 3.63) is 81.0 Å². The molecule has 32 heavy (non-hydrogen) atoms. The topological polar surface area (TPSA) is 79.1 Å². The largest absolute Gasteiger partial charge is 0.327 e. The average molecular weight is 452 g/mol. The van der Waals surface area contributed by atoms with E-state index >= 15 is 0 Å². The molecular formula is C24H24ClN4O3+. The molecule has 2 aromatic heterocycles. The van der Waals surface area contributed by atoms with Crippen LogP contribution in [0.15, 0.2) is 53.6 Å². The molecule has 0 saturated carbocycles. The van der Waals surface area contributed by atoms with Crippen molar-refractivity contribution in [2.75, 3.05) is 0 Å². The van der Waals surface area contributed by atoms with Crippen LogP contribution in [0, 0.1) is 6.92 Å². The van der Waals surface area contributed by atoms with Crippen molar-refractivity contribution < 1.29 is 14.2 Å². The van der Waals surface area contributed by atoms with Gasteiger partial charge in [0, 0.05) is 28.4 Å². The van der Waals surface area contributed by atoms with Crippen LogP contribution in [-0.2, 0) is 16.0 Å². The summed E-state index contributed by atoms with van der Waals surface area (Å²) in [6, 6.07) is 10.3. The molecule has 1 N–H and O–H groups in total. The molecule has 8 heteroatoms. The monoisotopic (exact) mass is 451 g/mol. The maximum Gasteiger partial charge on any atom is 0.327 e. The average Bonchev–Trinajstić information content (AvgIpc) is 3.19. The molecular weight excluding hydrogens is 428 g/mol. The summed E-state index contributed by atoms with van der Waals surface area (Å²) in [7, 11) is 0. The normalized spacial score (nSPS) is 14.2. The molecule has 4 rings (SSSR count). The summed E-state index contributed by atoms with van der Waals surface area (Å²) in [6.07, 6.45) is 4.31. The number of hydrogen-bond acceptors (Lipinski definition) is 3. The van der Waals surface area contributed by atoms with Crippen molar-refractivity contribution in [3.63, 3.8) is 0 Å². The van der Waals surface area contributed by atoms with E-state index in [-0.39, 0.29) is 22.9 Å². The first-order chi connectivity index (χ1) is 15.2. The van der Waals surface area contributed by atoms with Gasteiger partial charge in [0.2, 0.25) is 0 Å². The molecule has 7 nitrogen and oxygen atoms in total. The Kier molecular flexibility index (Phi) is 5.60. The number of aryl methyl sites for hydroxylation is 2. The highest BCUT2D eigenvalue weighted by Gasteiger charge is 2.48. The van der Waals surface area contributed by atoms with Gasteiger partial charge in [-0.25, -0.2) is 4.68 Å². The highest BCUT2D eigenvalue weighted by molar-refractivity contribution is 6.44. The Labute approximate surface area is 190 Å². The second-order valence-corrected chi connectivity index (χ2v) is 8.44. The standard InChI is InChI=1S/C24H23ClN4O3/c1-5-16-8-7-11-27(13-16)21-20(22(30)28(14(2)3)24(21)32)19-15(4)26-29(23(19)31)18-10-6-9-17(25)12-18/h6-14H,5H2,1-4H3/p+1. The number of benzene rings is 1. The zero-order valence-electron chi connectivity index (χ0n) is 18.3. The van der Waals surface area contributed by atoms with Crippen LogP contribution in [0.3, 0.4) is 0 Å². The van der Waals surface area contributed by atoms with Crippen molar-refractivity contribution in [1.29, 1.82) is 0 Å². The highest BCUT2D eigenvalue weighted by Crippen LogP contribution is 2.31. The third kappa shape index (κ3) is 3.48. The maximum absolute atomic E-state index is 13.5. The van der Waals surface area contributed by atoms with E-state index in [9.17, 15) is 14.4 Å². The first-order valence-electron chi connectivity index (χ1n) is 10.4. The number of aromatic amines is 1. The lowest BCUT2D eigenvalue weighted by molar-refractivity contribution is -0.577. The lowest BCUT2D eigenvalue weighted by Gasteiger charge is -2.17. The highest BCUT2D eigenvalue weighted by atomic mass is 35.5. The van der Waals surface area contributed by atoms with Crippen LogP contribution in [0.25, 0.3) is 17.0 Å². The predicted molar refractivity (Wildman–Crippen MR) is 122 cm³/mol. The molecule has 0 fully saturated rings. The third-order valence-electron chi connectivity index (χ3n) is 5.52. The summed E-state index contributed by atoms with van der Waals surface area (Å²) in [5.74, 6) is -0.903. The smallest absolute Gasteiger partial charge is 0.295 e. The predicted octanol–water partition coefficient (Wildman–Crippen LogP) is 3.12. The lowest BCUT2D eigenvalue weighted by Crippen LogP contribution is -2.42. The Morgan fingerprint density at radius 1 is 1.09 bits per heavy atom. The molecule has 3 heterocycles. The Bertz CT molecular complexity index is 1330. The van der Waals surface area contributed by atoms with Crippen LogP contribution < -0.4 is 10.1 Å². The van der Waals surface area contributed by atoms with Gasteiger partial charge in [-0.15, -0.1) is 0 Å². The van der Waals surface area contributed by atoms with Crippen molar-refractivity contribution in [3.8, 4) is 5.69 Å². The summed E-state index contributed by atoms with van der Waals surface area (Å²) in [4.78, 5) is 41.5. The molecule has 164 valence electrons. The number of hydrogen-bond donors (Lipinski definition) is 1. The van der Waals surface area contributed by atoms with Crippen molar-refractivity contribution in [1.82, 2.24) is 14.7 Å². The fourth-order valence-electron chi connectivity index (χ4n) is 3.98. The van der Waals surface area contributed by atoms with E-state index in [4.69, 9.17) is 11.6 Å². The minimum absolute atomic E-state index is 0.0986. The number of imide groups is 1. The fraction of sp³-hybridized carbons (Fsp3) is 0.250.